The van der Waals surface area contributed by atoms with Gasteiger partial charge in [-0.25, -0.2) is 0 Å². The minimum atomic E-state index is -0.0111. The maximum Gasteiger partial charge on any atom is 0.268 e. The largest absolute Gasteiger partial charge is 0.497 e. The smallest absolute Gasteiger partial charge is 0.268 e. The summed E-state index contributed by atoms with van der Waals surface area (Å²) in [5.74, 6) is 0.796. The van der Waals surface area contributed by atoms with Crippen molar-refractivity contribution in [3.05, 3.63) is 95.4 Å². The first-order chi connectivity index (χ1) is 16.1. The molecule has 0 fully saturated rings. The van der Waals surface area contributed by atoms with Gasteiger partial charge in [-0.1, -0.05) is 61.9 Å². The Kier molecular flexibility index (Phi) is 7.26. The lowest BCUT2D eigenvalue weighted by Crippen LogP contribution is -2.25. The van der Waals surface area contributed by atoms with Crippen LogP contribution in [0, 0.1) is 0 Å². The SMILES string of the molecule is CCCCc1cccc(-c2cccc(N(C)C(=O)c3ccc(-c4cccc(OC)c4)s3)c2)c1. The summed E-state index contributed by atoms with van der Waals surface area (Å²) >= 11 is 1.50. The molecule has 1 aromatic heterocycles. The Morgan fingerprint density at radius 2 is 1.61 bits per heavy atom. The number of nitrogens with zero attached hydrogens (tertiary/aromatic N) is 1. The van der Waals surface area contributed by atoms with Crippen molar-refractivity contribution in [1.29, 1.82) is 0 Å². The highest BCUT2D eigenvalue weighted by atomic mass is 32.1. The number of unbranched alkanes of at least 4 members (excludes halogenated alkanes) is 1. The van der Waals surface area contributed by atoms with Gasteiger partial charge in [0.2, 0.25) is 0 Å². The predicted octanol–water partition coefficient (Wildman–Crippen LogP) is 7.71. The van der Waals surface area contributed by atoms with Crippen molar-refractivity contribution in [2.24, 2.45) is 0 Å². The first kappa shape index (κ1) is 22.8. The second kappa shape index (κ2) is 10.5. The van der Waals surface area contributed by atoms with Crippen molar-refractivity contribution in [3.63, 3.8) is 0 Å². The van der Waals surface area contributed by atoms with E-state index in [4.69, 9.17) is 4.74 Å². The minimum absolute atomic E-state index is 0.0111. The molecule has 3 nitrogen and oxygen atoms in total. The standard InChI is InChI=1S/C29H29NO2S/c1-4-5-9-21-10-6-11-22(18-21)23-12-7-14-25(19-23)30(2)29(31)28-17-16-27(33-28)24-13-8-15-26(20-24)32-3/h6-8,10-20H,4-5,9H2,1-3H3. The van der Waals surface area contributed by atoms with Gasteiger partial charge in [0.1, 0.15) is 5.75 Å². The van der Waals surface area contributed by atoms with Gasteiger partial charge in [0.05, 0.1) is 12.0 Å². The molecule has 0 N–H and O–H groups in total. The number of methoxy groups -OCH3 is 1. The highest BCUT2D eigenvalue weighted by Crippen LogP contribution is 2.32. The molecule has 4 rings (SSSR count). The van der Waals surface area contributed by atoms with E-state index in [2.05, 4.69) is 43.3 Å². The van der Waals surface area contributed by atoms with Crippen LogP contribution in [0.5, 0.6) is 5.75 Å². The van der Waals surface area contributed by atoms with Crippen molar-refractivity contribution in [1.82, 2.24) is 0 Å². The van der Waals surface area contributed by atoms with E-state index in [-0.39, 0.29) is 5.91 Å². The van der Waals surface area contributed by atoms with Crippen LogP contribution < -0.4 is 9.64 Å². The van der Waals surface area contributed by atoms with Crippen molar-refractivity contribution in [2.75, 3.05) is 19.1 Å². The topological polar surface area (TPSA) is 29.5 Å². The van der Waals surface area contributed by atoms with Crippen LogP contribution in [-0.4, -0.2) is 20.1 Å². The number of anilines is 1. The Morgan fingerprint density at radius 1 is 0.879 bits per heavy atom. The quantitative estimate of drug-likeness (QED) is 0.272. The lowest BCUT2D eigenvalue weighted by molar-refractivity contribution is 0.0997. The van der Waals surface area contributed by atoms with E-state index in [9.17, 15) is 4.79 Å². The third-order valence-electron chi connectivity index (χ3n) is 5.79. The first-order valence-corrected chi connectivity index (χ1v) is 12.1. The van der Waals surface area contributed by atoms with Crippen LogP contribution in [0.25, 0.3) is 21.6 Å². The van der Waals surface area contributed by atoms with Crippen LogP contribution in [-0.2, 0) is 6.42 Å². The summed E-state index contributed by atoms with van der Waals surface area (Å²) < 4.78 is 5.33. The van der Waals surface area contributed by atoms with Gasteiger partial charge in [0.15, 0.2) is 0 Å². The fourth-order valence-electron chi connectivity index (χ4n) is 3.85. The van der Waals surface area contributed by atoms with Crippen LogP contribution in [0.1, 0.15) is 35.0 Å². The summed E-state index contributed by atoms with van der Waals surface area (Å²) in [5.41, 5.74) is 5.59. The van der Waals surface area contributed by atoms with Gasteiger partial charge in [0, 0.05) is 17.6 Å². The van der Waals surface area contributed by atoms with Crippen LogP contribution in [0.15, 0.2) is 84.9 Å². The lowest BCUT2D eigenvalue weighted by Gasteiger charge is -2.17. The molecule has 4 heteroatoms. The zero-order chi connectivity index (χ0) is 23.2. The minimum Gasteiger partial charge on any atom is -0.497 e. The van der Waals surface area contributed by atoms with E-state index in [1.807, 2.05) is 55.6 Å². The zero-order valence-corrected chi connectivity index (χ0v) is 20.2. The van der Waals surface area contributed by atoms with Gasteiger partial charge < -0.3 is 9.64 Å². The second-order valence-corrected chi connectivity index (χ2v) is 9.20. The lowest BCUT2D eigenvalue weighted by atomic mass is 10.00. The third-order valence-corrected chi connectivity index (χ3v) is 6.91. The number of aryl methyl sites for hydroxylation is 1. The fourth-order valence-corrected chi connectivity index (χ4v) is 4.83. The number of carbonyl (C=O) groups is 1. The predicted molar refractivity (Wildman–Crippen MR) is 140 cm³/mol. The van der Waals surface area contributed by atoms with Gasteiger partial charge >= 0.3 is 0 Å². The molecule has 3 aromatic carbocycles. The molecule has 4 aromatic rings. The molecule has 0 aliphatic carbocycles. The number of carbonyl (C=O) groups excluding carboxylic acids is 1. The Bertz CT molecular complexity index is 1240. The highest BCUT2D eigenvalue weighted by molar-refractivity contribution is 7.17. The van der Waals surface area contributed by atoms with Crippen LogP contribution in [0.2, 0.25) is 0 Å². The zero-order valence-electron chi connectivity index (χ0n) is 19.4. The number of benzene rings is 3. The van der Waals surface area contributed by atoms with Crippen molar-refractivity contribution in [2.45, 2.75) is 26.2 Å². The Morgan fingerprint density at radius 3 is 2.39 bits per heavy atom. The maximum atomic E-state index is 13.2. The normalized spacial score (nSPS) is 10.8. The summed E-state index contributed by atoms with van der Waals surface area (Å²) in [6, 6.07) is 28.7. The molecule has 1 heterocycles. The van der Waals surface area contributed by atoms with E-state index in [1.165, 1.54) is 35.3 Å². The van der Waals surface area contributed by atoms with Crippen molar-refractivity contribution >= 4 is 22.9 Å². The van der Waals surface area contributed by atoms with Crippen molar-refractivity contribution < 1.29 is 9.53 Å². The molecule has 0 bridgehead atoms. The maximum absolute atomic E-state index is 13.2. The molecule has 0 saturated heterocycles. The van der Waals surface area contributed by atoms with Crippen LogP contribution >= 0.6 is 11.3 Å². The fraction of sp³-hybridized carbons (Fsp3) is 0.207. The molecule has 0 saturated carbocycles. The average Bonchev–Trinajstić information content (AvgIpc) is 3.37. The first-order valence-electron chi connectivity index (χ1n) is 11.3. The molecule has 1 amide bonds. The van der Waals surface area contributed by atoms with E-state index in [1.54, 1.807) is 12.0 Å². The summed E-state index contributed by atoms with van der Waals surface area (Å²) in [6.45, 7) is 2.22. The monoisotopic (exact) mass is 455 g/mol. The van der Waals surface area contributed by atoms with Gasteiger partial charge in [-0.2, -0.15) is 0 Å². The molecule has 33 heavy (non-hydrogen) atoms. The molecule has 0 aliphatic heterocycles. The number of hydrogen-bond donors (Lipinski definition) is 0. The van der Waals surface area contributed by atoms with E-state index < -0.39 is 0 Å². The molecule has 168 valence electrons. The van der Waals surface area contributed by atoms with Gasteiger partial charge in [0.25, 0.3) is 5.91 Å². The molecule has 0 aliphatic rings. The number of amides is 1. The van der Waals surface area contributed by atoms with E-state index in [0.717, 1.165) is 33.9 Å². The number of hydrogen-bond acceptors (Lipinski definition) is 3. The molecule has 0 atom stereocenters. The molecule has 0 radical (unpaired) electrons. The highest BCUT2D eigenvalue weighted by Gasteiger charge is 2.17. The van der Waals surface area contributed by atoms with Crippen LogP contribution in [0.4, 0.5) is 5.69 Å². The second-order valence-electron chi connectivity index (χ2n) is 8.11. The van der Waals surface area contributed by atoms with E-state index >= 15 is 0 Å². The van der Waals surface area contributed by atoms with Crippen molar-refractivity contribution in [3.8, 4) is 27.3 Å². The Hall–Kier alpha value is -3.37. The molecule has 0 spiro atoms. The molecular formula is C29H29NO2S. The van der Waals surface area contributed by atoms with Gasteiger partial charge in [-0.15, -0.1) is 11.3 Å². The molecular weight excluding hydrogens is 426 g/mol. The van der Waals surface area contributed by atoms with Gasteiger partial charge in [-0.05, 0) is 71.5 Å². The summed E-state index contributed by atoms with van der Waals surface area (Å²) in [5, 5.41) is 0. The molecule has 0 unspecified atom stereocenters. The van der Waals surface area contributed by atoms with Crippen LogP contribution in [0.3, 0.4) is 0 Å². The number of rotatable bonds is 8. The van der Waals surface area contributed by atoms with E-state index in [0.29, 0.717) is 4.88 Å². The number of thiophene rings is 1. The van der Waals surface area contributed by atoms with Gasteiger partial charge in [-0.3, -0.25) is 4.79 Å². The average molecular weight is 456 g/mol. The Balaban J connectivity index is 1.55. The summed E-state index contributed by atoms with van der Waals surface area (Å²) in [4.78, 5) is 16.7. The summed E-state index contributed by atoms with van der Waals surface area (Å²) in [6.07, 6.45) is 3.48. The third kappa shape index (κ3) is 5.35. The summed E-state index contributed by atoms with van der Waals surface area (Å²) in [7, 11) is 3.50. The number of ether oxygens (including phenoxy) is 1. The Labute approximate surface area is 200 Å².